The third-order valence-corrected chi connectivity index (χ3v) is 3.08. The Kier molecular flexibility index (Phi) is 2.12. The molecule has 0 bridgehead atoms. The smallest absolute Gasteiger partial charge is 0.0297 e. The third-order valence-electron chi connectivity index (χ3n) is 3.08. The van der Waals surface area contributed by atoms with Crippen LogP contribution in [-0.4, -0.2) is 0 Å². The minimum atomic E-state index is 0.270. The third kappa shape index (κ3) is 1.49. The molecule has 2 N–H and O–H groups in total. The number of rotatable bonds is 0. The molecule has 0 saturated heterocycles. The summed E-state index contributed by atoms with van der Waals surface area (Å²) < 4.78 is 0. The van der Waals surface area contributed by atoms with Crippen LogP contribution in [0.2, 0.25) is 0 Å². The van der Waals surface area contributed by atoms with E-state index in [0.717, 1.165) is 6.42 Å². The fourth-order valence-electron chi connectivity index (χ4n) is 2.20. The SMILES string of the molecule is Cc1ccc2c(c1)C(N)CCC2C. The molecule has 0 saturated carbocycles. The molecule has 1 heteroatoms. The van der Waals surface area contributed by atoms with Gasteiger partial charge >= 0.3 is 0 Å². The summed E-state index contributed by atoms with van der Waals surface area (Å²) in [5.74, 6) is 0.690. The quantitative estimate of drug-likeness (QED) is 0.644. The second kappa shape index (κ2) is 3.15. The van der Waals surface area contributed by atoms with Gasteiger partial charge in [0.15, 0.2) is 0 Å². The highest BCUT2D eigenvalue weighted by Crippen LogP contribution is 2.36. The minimum Gasteiger partial charge on any atom is -0.324 e. The average molecular weight is 175 g/mol. The molecule has 1 aliphatic carbocycles. The number of aryl methyl sites for hydroxylation is 1. The molecule has 0 spiro atoms. The van der Waals surface area contributed by atoms with Gasteiger partial charge in [0.25, 0.3) is 0 Å². The predicted octanol–water partition coefficient (Wildman–Crippen LogP) is 2.89. The van der Waals surface area contributed by atoms with E-state index in [0.29, 0.717) is 5.92 Å². The van der Waals surface area contributed by atoms with Crippen molar-refractivity contribution in [3.8, 4) is 0 Å². The summed E-state index contributed by atoms with van der Waals surface area (Å²) in [6.07, 6.45) is 2.37. The summed E-state index contributed by atoms with van der Waals surface area (Å²) in [5.41, 5.74) is 10.2. The Morgan fingerprint density at radius 1 is 1.23 bits per heavy atom. The molecule has 0 aliphatic heterocycles. The normalized spacial score (nSPS) is 27.0. The van der Waals surface area contributed by atoms with Crippen molar-refractivity contribution in [3.05, 3.63) is 34.9 Å². The summed E-state index contributed by atoms with van der Waals surface area (Å²) in [7, 11) is 0. The van der Waals surface area contributed by atoms with E-state index in [2.05, 4.69) is 32.0 Å². The molecule has 70 valence electrons. The van der Waals surface area contributed by atoms with E-state index in [4.69, 9.17) is 5.73 Å². The molecule has 0 radical (unpaired) electrons. The Bertz CT molecular complexity index is 317. The van der Waals surface area contributed by atoms with Crippen LogP contribution in [0.5, 0.6) is 0 Å². The van der Waals surface area contributed by atoms with Crippen molar-refractivity contribution < 1.29 is 0 Å². The molecule has 1 aromatic carbocycles. The molecule has 0 heterocycles. The summed E-state index contributed by atoms with van der Waals surface area (Å²) in [6, 6.07) is 6.95. The molecule has 0 fully saturated rings. The second-order valence-corrected chi connectivity index (χ2v) is 4.22. The molecule has 0 amide bonds. The minimum absolute atomic E-state index is 0.270. The van der Waals surface area contributed by atoms with E-state index in [9.17, 15) is 0 Å². The maximum absolute atomic E-state index is 6.08. The Morgan fingerprint density at radius 3 is 2.77 bits per heavy atom. The molecule has 1 aromatic rings. The zero-order valence-electron chi connectivity index (χ0n) is 8.38. The molecule has 1 aliphatic rings. The maximum Gasteiger partial charge on any atom is 0.0297 e. The van der Waals surface area contributed by atoms with Gasteiger partial charge in [0.1, 0.15) is 0 Å². The van der Waals surface area contributed by atoms with Crippen LogP contribution >= 0.6 is 0 Å². The first-order valence-electron chi connectivity index (χ1n) is 5.04. The number of fused-ring (bicyclic) bond motifs is 1. The summed E-state index contributed by atoms with van der Waals surface area (Å²) in [6.45, 7) is 4.42. The van der Waals surface area contributed by atoms with Gasteiger partial charge in [-0.25, -0.2) is 0 Å². The largest absolute Gasteiger partial charge is 0.324 e. The highest BCUT2D eigenvalue weighted by molar-refractivity contribution is 5.37. The van der Waals surface area contributed by atoms with Crippen molar-refractivity contribution in [1.29, 1.82) is 0 Å². The van der Waals surface area contributed by atoms with Crippen molar-refractivity contribution in [2.24, 2.45) is 5.73 Å². The van der Waals surface area contributed by atoms with Gasteiger partial charge in [-0.15, -0.1) is 0 Å². The summed E-state index contributed by atoms with van der Waals surface area (Å²) in [4.78, 5) is 0. The highest BCUT2D eigenvalue weighted by atomic mass is 14.6. The van der Waals surface area contributed by atoms with Gasteiger partial charge in [-0.3, -0.25) is 0 Å². The van der Waals surface area contributed by atoms with Gasteiger partial charge in [-0.2, -0.15) is 0 Å². The van der Waals surface area contributed by atoms with Crippen LogP contribution in [0.25, 0.3) is 0 Å². The van der Waals surface area contributed by atoms with Gasteiger partial charge in [0.2, 0.25) is 0 Å². The Balaban J connectivity index is 2.50. The lowest BCUT2D eigenvalue weighted by atomic mass is 9.81. The van der Waals surface area contributed by atoms with Crippen LogP contribution in [-0.2, 0) is 0 Å². The number of hydrogen-bond donors (Lipinski definition) is 1. The Hall–Kier alpha value is -0.820. The van der Waals surface area contributed by atoms with Crippen LogP contribution in [0.1, 0.15) is 48.4 Å². The second-order valence-electron chi connectivity index (χ2n) is 4.22. The van der Waals surface area contributed by atoms with E-state index in [1.54, 1.807) is 0 Å². The van der Waals surface area contributed by atoms with E-state index in [1.807, 2.05) is 0 Å². The predicted molar refractivity (Wildman–Crippen MR) is 55.8 cm³/mol. The van der Waals surface area contributed by atoms with Crippen molar-refractivity contribution in [1.82, 2.24) is 0 Å². The molecular weight excluding hydrogens is 158 g/mol. The van der Waals surface area contributed by atoms with E-state index >= 15 is 0 Å². The summed E-state index contributed by atoms with van der Waals surface area (Å²) >= 11 is 0. The zero-order chi connectivity index (χ0) is 9.42. The van der Waals surface area contributed by atoms with Crippen LogP contribution in [0, 0.1) is 6.92 Å². The van der Waals surface area contributed by atoms with Crippen molar-refractivity contribution >= 4 is 0 Å². The highest BCUT2D eigenvalue weighted by Gasteiger charge is 2.21. The topological polar surface area (TPSA) is 26.0 Å². The van der Waals surface area contributed by atoms with Gasteiger partial charge in [0, 0.05) is 6.04 Å². The van der Waals surface area contributed by atoms with E-state index < -0.39 is 0 Å². The van der Waals surface area contributed by atoms with Gasteiger partial charge in [-0.05, 0) is 36.8 Å². The van der Waals surface area contributed by atoms with Crippen molar-refractivity contribution in [3.63, 3.8) is 0 Å². The Morgan fingerprint density at radius 2 is 2.00 bits per heavy atom. The number of benzene rings is 1. The fraction of sp³-hybridized carbons (Fsp3) is 0.500. The van der Waals surface area contributed by atoms with E-state index in [1.165, 1.54) is 23.1 Å². The van der Waals surface area contributed by atoms with Crippen LogP contribution in [0.3, 0.4) is 0 Å². The molecule has 2 atom stereocenters. The fourth-order valence-corrected chi connectivity index (χ4v) is 2.20. The van der Waals surface area contributed by atoms with Crippen molar-refractivity contribution in [2.75, 3.05) is 0 Å². The van der Waals surface area contributed by atoms with Crippen molar-refractivity contribution in [2.45, 2.75) is 38.6 Å². The van der Waals surface area contributed by atoms with E-state index in [-0.39, 0.29) is 6.04 Å². The van der Waals surface area contributed by atoms with Crippen LogP contribution in [0.4, 0.5) is 0 Å². The van der Waals surface area contributed by atoms with Crippen LogP contribution in [0.15, 0.2) is 18.2 Å². The van der Waals surface area contributed by atoms with Crippen LogP contribution < -0.4 is 5.73 Å². The molecule has 1 nitrogen and oxygen atoms in total. The zero-order valence-corrected chi connectivity index (χ0v) is 8.38. The molecule has 2 rings (SSSR count). The first kappa shape index (κ1) is 8.76. The molecule has 13 heavy (non-hydrogen) atoms. The number of hydrogen-bond acceptors (Lipinski definition) is 1. The average Bonchev–Trinajstić information content (AvgIpc) is 2.12. The summed E-state index contributed by atoms with van der Waals surface area (Å²) in [5, 5.41) is 0. The molecule has 0 aromatic heterocycles. The van der Waals surface area contributed by atoms with Gasteiger partial charge in [-0.1, -0.05) is 30.7 Å². The standard InChI is InChI=1S/C12H17N/c1-8-3-5-10-9(2)4-6-12(13)11(10)7-8/h3,5,7,9,12H,4,6,13H2,1-2H3. The lowest BCUT2D eigenvalue weighted by Gasteiger charge is -2.27. The Labute approximate surface area is 80.0 Å². The van der Waals surface area contributed by atoms with Gasteiger partial charge < -0.3 is 5.73 Å². The maximum atomic E-state index is 6.08. The lowest BCUT2D eigenvalue weighted by molar-refractivity contribution is 0.513. The first-order valence-corrected chi connectivity index (χ1v) is 5.04. The molecular formula is C12H17N. The lowest BCUT2D eigenvalue weighted by Crippen LogP contribution is -2.19. The monoisotopic (exact) mass is 175 g/mol. The first-order chi connectivity index (χ1) is 6.18. The number of nitrogens with two attached hydrogens (primary N) is 1. The van der Waals surface area contributed by atoms with Gasteiger partial charge in [0.05, 0.1) is 0 Å². The molecule has 2 unspecified atom stereocenters.